The molecule has 78 valence electrons. The maximum Gasteiger partial charge on any atom is 0.0517 e. The Hall–Kier alpha value is -0.250. The lowest BCUT2D eigenvalue weighted by atomic mass is 10.1. The van der Waals surface area contributed by atoms with E-state index >= 15 is 0 Å². The first-order valence-corrected chi connectivity index (χ1v) is 5.98. The van der Waals surface area contributed by atoms with Gasteiger partial charge in [-0.25, -0.2) is 0 Å². The molecular formula is C10H15ClN2S. The molecule has 0 spiro atoms. The number of halogens is 1. The topological polar surface area (TPSA) is 38.9 Å². The third kappa shape index (κ3) is 4.84. The van der Waals surface area contributed by atoms with Crippen LogP contribution in [0, 0.1) is 0 Å². The maximum absolute atomic E-state index is 5.86. The molecule has 0 aromatic carbocycles. The highest BCUT2D eigenvalue weighted by Crippen LogP contribution is 2.17. The number of hydrogen-bond acceptors (Lipinski definition) is 3. The van der Waals surface area contributed by atoms with Gasteiger partial charge in [-0.1, -0.05) is 11.6 Å². The lowest BCUT2D eigenvalue weighted by molar-refractivity contribution is 0.591. The summed E-state index contributed by atoms with van der Waals surface area (Å²) in [5, 5.41) is 0.739. The molecule has 0 fully saturated rings. The van der Waals surface area contributed by atoms with E-state index in [-0.39, 0.29) is 5.54 Å². The number of hydrogen-bond donors (Lipinski definition) is 1. The van der Waals surface area contributed by atoms with Gasteiger partial charge in [0.15, 0.2) is 0 Å². The highest BCUT2D eigenvalue weighted by atomic mass is 35.5. The van der Waals surface area contributed by atoms with Gasteiger partial charge in [-0.05, 0) is 26.0 Å². The summed E-state index contributed by atoms with van der Waals surface area (Å²) in [7, 11) is 0. The number of pyridine rings is 1. The van der Waals surface area contributed by atoms with Crippen molar-refractivity contribution >= 4 is 23.4 Å². The van der Waals surface area contributed by atoms with Crippen LogP contribution in [0.2, 0.25) is 5.02 Å². The third-order valence-corrected chi connectivity index (χ3v) is 3.19. The van der Waals surface area contributed by atoms with Crippen molar-refractivity contribution in [2.75, 3.05) is 5.75 Å². The van der Waals surface area contributed by atoms with Crippen LogP contribution in [-0.4, -0.2) is 16.3 Å². The van der Waals surface area contributed by atoms with Crippen LogP contribution in [0.1, 0.15) is 19.5 Å². The summed E-state index contributed by atoms with van der Waals surface area (Å²) in [6, 6.07) is 3.67. The Morgan fingerprint density at radius 2 is 2.29 bits per heavy atom. The van der Waals surface area contributed by atoms with Crippen LogP contribution in [0.5, 0.6) is 0 Å². The first-order valence-electron chi connectivity index (χ1n) is 4.44. The molecule has 0 saturated carbocycles. The van der Waals surface area contributed by atoms with Gasteiger partial charge in [0.1, 0.15) is 0 Å². The van der Waals surface area contributed by atoms with E-state index in [1.807, 2.05) is 19.9 Å². The Bertz CT molecular complexity index is 296. The average molecular weight is 231 g/mol. The Labute approximate surface area is 94.2 Å². The van der Waals surface area contributed by atoms with E-state index < -0.39 is 0 Å². The van der Waals surface area contributed by atoms with Crippen molar-refractivity contribution in [2.45, 2.75) is 25.1 Å². The molecule has 0 bridgehead atoms. The standard InChI is InChI=1S/C10H15ClN2S/c1-10(2,12)7-14-6-9-5-8(11)3-4-13-9/h3-5H,6-7,12H2,1-2H3. The fourth-order valence-electron chi connectivity index (χ4n) is 0.946. The summed E-state index contributed by atoms with van der Waals surface area (Å²) in [5.41, 5.74) is 6.75. The third-order valence-electron chi connectivity index (χ3n) is 1.50. The molecule has 2 nitrogen and oxygen atoms in total. The van der Waals surface area contributed by atoms with Gasteiger partial charge in [0.2, 0.25) is 0 Å². The van der Waals surface area contributed by atoms with Gasteiger partial charge >= 0.3 is 0 Å². The van der Waals surface area contributed by atoms with Gasteiger partial charge in [0, 0.05) is 28.3 Å². The highest BCUT2D eigenvalue weighted by molar-refractivity contribution is 7.98. The summed E-state index contributed by atoms with van der Waals surface area (Å²) >= 11 is 7.62. The lowest BCUT2D eigenvalue weighted by Gasteiger charge is -2.17. The predicted molar refractivity (Wildman–Crippen MR) is 63.7 cm³/mol. The van der Waals surface area contributed by atoms with E-state index in [9.17, 15) is 0 Å². The van der Waals surface area contributed by atoms with E-state index in [0.717, 1.165) is 22.2 Å². The highest BCUT2D eigenvalue weighted by Gasteiger charge is 2.10. The largest absolute Gasteiger partial charge is 0.325 e. The van der Waals surface area contributed by atoms with Crippen LogP contribution in [0.4, 0.5) is 0 Å². The molecule has 1 heterocycles. The minimum Gasteiger partial charge on any atom is -0.325 e. The van der Waals surface area contributed by atoms with Gasteiger partial charge in [0.25, 0.3) is 0 Å². The monoisotopic (exact) mass is 230 g/mol. The molecule has 0 amide bonds. The van der Waals surface area contributed by atoms with Gasteiger partial charge in [-0.2, -0.15) is 11.8 Å². The first kappa shape index (κ1) is 11.8. The van der Waals surface area contributed by atoms with Gasteiger partial charge < -0.3 is 5.73 Å². The van der Waals surface area contributed by atoms with E-state index in [0.29, 0.717) is 0 Å². The molecule has 0 radical (unpaired) electrons. The van der Waals surface area contributed by atoms with Crippen molar-refractivity contribution in [1.82, 2.24) is 4.98 Å². The quantitative estimate of drug-likeness (QED) is 0.865. The van der Waals surface area contributed by atoms with Gasteiger partial charge in [-0.15, -0.1) is 0 Å². The molecule has 2 N–H and O–H groups in total. The van der Waals surface area contributed by atoms with Crippen molar-refractivity contribution in [2.24, 2.45) is 5.73 Å². The second-order valence-electron chi connectivity index (χ2n) is 3.95. The van der Waals surface area contributed by atoms with Crippen molar-refractivity contribution < 1.29 is 0 Å². The van der Waals surface area contributed by atoms with Crippen molar-refractivity contribution in [3.63, 3.8) is 0 Å². The minimum atomic E-state index is -0.122. The Kier molecular flexibility index (Phi) is 4.23. The molecule has 0 atom stereocenters. The fraction of sp³-hybridized carbons (Fsp3) is 0.500. The van der Waals surface area contributed by atoms with Crippen LogP contribution >= 0.6 is 23.4 Å². The summed E-state index contributed by atoms with van der Waals surface area (Å²) in [5.74, 6) is 1.78. The second-order valence-corrected chi connectivity index (χ2v) is 5.37. The van der Waals surface area contributed by atoms with E-state index in [2.05, 4.69) is 4.98 Å². The SMILES string of the molecule is CC(C)(N)CSCc1cc(Cl)ccn1. The molecule has 1 aromatic rings. The summed E-state index contributed by atoms with van der Waals surface area (Å²) in [4.78, 5) is 4.21. The first-order chi connectivity index (χ1) is 6.47. The fourth-order valence-corrected chi connectivity index (χ4v) is 2.12. The number of nitrogens with two attached hydrogens (primary N) is 1. The zero-order chi connectivity index (χ0) is 10.6. The molecule has 4 heteroatoms. The summed E-state index contributed by atoms with van der Waals surface area (Å²) in [6.07, 6.45) is 1.73. The zero-order valence-electron chi connectivity index (χ0n) is 8.46. The van der Waals surface area contributed by atoms with Crippen LogP contribution in [0.25, 0.3) is 0 Å². The number of nitrogens with zero attached hydrogens (tertiary/aromatic N) is 1. The second kappa shape index (κ2) is 5.01. The van der Waals surface area contributed by atoms with Crippen molar-refractivity contribution in [3.05, 3.63) is 29.0 Å². The summed E-state index contributed by atoms with van der Waals surface area (Å²) in [6.45, 7) is 4.04. The number of rotatable bonds is 4. The normalized spacial score (nSPS) is 11.7. The molecule has 0 saturated heterocycles. The molecule has 0 aliphatic rings. The van der Waals surface area contributed by atoms with Gasteiger partial charge in [-0.3, -0.25) is 4.98 Å². The average Bonchev–Trinajstić information content (AvgIpc) is 2.01. The Balaban J connectivity index is 2.39. The molecular weight excluding hydrogens is 216 g/mol. The van der Waals surface area contributed by atoms with E-state index in [4.69, 9.17) is 17.3 Å². The minimum absolute atomic E-state index is 0.122. The smallest absolute Gasteiger partial charge is 0.0517 e. The van der Waals surface area contributed by atoms with Crippen molar-refractivity contribution in [1.29, 1.82) is 0 Å². The zero-order valence-corrected chi connectivity index (χ0v) is 10.0. The number of thioether (sulfide) groups is 1. The van der Waals surface area contributed by atoms with Gasteiger partial charge in [0.05, 0.1) is 5.69 Å². The Morgan fingerprint density at radius 1 is 1.57 bits per heavy atom. The predicted octanol–water partition coefficient (Wildman–Crippen LogP) is 2.71. The van der Waals surface area contributed by atoms with E-state index in [1.165, 1.54) is 0 Å². The molecule has 0 aliphatic carbocycles. The molecule has 14 heavy (non-hydrogen) atoms. The molecule has 1 rings (SSSR count). The molecule has 1 aromatic heterocycles. The lowest BCUT2D eigenvalue weighted by Crippen LogP contribution is -2.34. The van der Waals surface area contributed by atoms with Crippen LogP contribution in [0.15, 0.2) is 18.3 Å². The number of aromatic nitrogens is 1. The molecule has 0 aliphatic heterocycles. The van der Waals surface area contributed by atoms with Crippen LogP contribution in [-0.2, 0) is 5.75 Å². The molecule has 0 unspecified atom stereocenters. The van der Waals surface area contributed by atoms with Crippen LogP contribution < -0.4 is 5.73 Å². The maximum atomic E-state index is 5.86. The van der Waals surface area contributed by atoms with E-state index in [1.54, 1.807) is 24.0 Å². The van der Waals surface area contributed by atoms with Crippen molar-refractivity contribution in [3.8, 4) is 0 Å². The van der Waals surface area contributed by atoms with Crippen LogP contribution in [0.3, 0.4) is 0 Å². The summed E-state index contributed by atoms with van der Waals surface area (Å²) < 4.78 is 0. The Morgan fingerprint density at radius 3 is 2.86 bits per heavy atom.